The summed E-state index contributed by atoms with van der Waals surface area (Å²) in [6, 6.07) is 0. The molecule has 0 aliphatic rings. The fourth-order valence-electron chi connectivity index (χ4n) is 2.02. The second kappa shape index (κ2) is 8.55. The molecule has 0 spiro atoms. The Balaban J connectivity index is 4.96. The molecule has 0 fully saturated rings. The molecular weight excluding hydrogens is 300 g/mol. The van der Waals surface area contributed by atoms with Crippen molar-refractivity contribution in [1.29, 1.82) is 10.8 Å². The van der Waals surface area contributed by atoms with Gasteiger partial charge in [0.2, 0.25) is 0 Å². The Labute approximate surface area is 136 Å². The first kappa shape index (κ1) is 20.9. The molecule has 0 aromatic carbocycles. The lowest BCUT2D eigenvalue weighted by Crippen LogP contribution is -2.35. The fourth-order valence-corrected chi connectivity index (χ4v) is 2.02. The van der Waals surface area contributed by atoms with Gasteiger partial charge in [-0.2, -0.15) is 0 Å². The number of nitrogens with one attached hydrogen (secondary N) is 2. The van der Waals surface area contributed by atoms with E-state index in [0.717, 1.165) is 0 Å². The zero-order valence-corrected chi connectivity index (χ0v) is 14.4. The summed E-state index contributed by atoms with van der Waals surface area (Å²) in [5.74, 6) is -4.62. The Hall–Kier alpha value is -2.05. The Morgan fingerprint density at radius 2 is 1.52 bits per heavy atom. The number of Topliss-reactive ketones (excluding diaryl/α,β-unsaturated/α-hetero) is 1. The van der Waals surface area contributed by atoms with Crippen LogP contribution in [0.15, 0.2) is 0 Å². The van der Waals surface area contributed by atoms with Gasteiger partial charge in [0.25, 0.3) is 0 Å². The summed E-state index contributed by atoms with van der Waals surface area (Å²) in [6.07, 6.45) is -0.0264. The molecule has 3 N–H and O–H groups in total. The normalized spacial score (nSPS) is 13.8. The van der Waals surface area contributed by atoms with E-state index in [0.29, 0.717) is 6.42 Å². The molecule has 2 atom stereocenters. The molecule has 7 nitrogen and oxygen atoms in total. The van der Waals surface area contributed by atoms with Crippen LogP contribution in [0.3, 0.4) is 0 Å². The molecule has 0 aliphatic heterocycles. The molecule has 0 bridgehead atoms. The van der Waals surface area contributed by atoms with Gasteiger partial charge >= 0.3 is 11.9 Å². The van der Waals surface area contributed by atoms with Gasteiger partial charge in [0.05, 0.1) is 18.1 Å². The fraction of sp³-hybridized carbons (Fsp3) is 0.688. The summed E-state index contributed by atoms with van der Waals surface area (Å²) in [6.45, 7) is 8.40. The number of ketones is 1. The van der Waals surface area contributed by atoms with E-state index in [1.165, 1.54) is 0 Å². The predicted octanol–water partition coefficient (Wildman–Crippen LogP) is 2.46. The van der Waals surface area contributed by atoms with Crippen molar-refractivity contribution in [3.63, 3.8) is 0 Å². The Kier molecular flexibility index (Phi) is 7.79. The zero-order chi connectivity index (χ0) is 18.4. The smallest absolute Gasteiger partial charge is 0.315 e. The Morgan fingerprint density at radius 3 is 1.87 bits per heavy atom. The van der Waals surface area contributed by atoms with Gasteiger partial charge in [0, 0.05) is 5.71 Å². The van der Waals surface area contributed by atoms with Crippen molar-refractivity contribution < 1.29 is 24.2 Å². The van der Waals surface area contributed by atoms with Gasteiger partial charge in [-0.15, -0.1) is 0 Å². The van der Waals surface area contributed by atoms with Gasteiger partial charge in [-0.1, -0.05) is 13.8 Å². The first-order valence-electron chi connectivity index (χ1n) is 7.59. The molecule has 0 heterocycles. The SMILES string of the molecule is CC[C@H](C(=N)C(=O)CC(=N)[C@@H](CC)C(=O)OC(C)(C)C)C(=O)O. The number of carbonyl (C=O) groups excluding carboxylic acids is 2. The van der Waals surface area contributed by atoms with Crippen molar-refractivity contribution in [1.82, 2.24) is 0 Å². The molecule has 0 aromatic rings. The molecule has 7 heteroatoms. The van der Waals surface area contributed by atoms with Crippen LogP contribution >= 0.6 is 0 Å². The Morgan fingerprint density at radius 1 is 1.04 bits per heavy atom. The third kappa shape index (κ3) is 6.71. The topological polar surface area (TPSA) is 128 Å². The molecule has 23 heavy (non-hydrogen) atoms. The lowest BCUT2D eigenvalue weighted by molar-refractivity contribution is -0.157. The van der Waals surface area contributed by atoms with Crippen LogP contribution in [0.4, 0.5) is 0 Å². The molecule has 0 unspecified atom stereocenters. The van der Waals surface area contributed by atoms with E-state index in [1.54, 1.807) is 34.6 Å². The summed E-state index contributed by atoms with van der Waals surface area (Å²) >= 11 is 0. The number of rotatable bonds is 9. The maximum Gasteiger partial charge on any atom is 0.315 e. The summed E-state index contributed by atoms with van der Waals surface area (Å²) in [5, 5.41) is 24.6. The van der Waals surface area contributed by atoms with Crippen molar-refractivity contribution in [2.24, 2.45) is 11.8 Å². The third-order valence-electron chi connectivity index (χ3n) is 3.23. The van der Waals surface area contributed by atoms with Crippen LogP contribution in [0, 0.1) is 22.7 Å². The number of carboxylic acid groups (broad SMARTS) is 1. The van der Waals surface area contributed by atoms with Gasteiger partial charge < -0.3 is 20.7 Å². The molecule has 0 saturated carbocycles. The minimum Gasteiger partial charge on any atom is -0.481 e. The number of hydrogen-bond donors (Lipinski definition) is 3. The minimum atomic E-state index is -1.24. The second-order valence-electron chi connectivity index (χ2n) is 6.33. The van der Waals surface area contributed by atoms with Crippen LogP contribution in [0.1, 0.15) is 53.9 Å². The first-order valence-corrected chi connectivity index (χ1v) is 7.59. The van der Waals surface area contributed by atoms with Crippen molar-refractivity contribution in [3.8, 4) is 0 Å². The largest absolute Gasteiger partial charge is 0.481 e. The van der Waals surface area contributed by atoms with E-state index in [9.17, 15) is 14.4 Å². The molecule has 0 aliphatic carbocycles. The summed E-state index contributed by atoms with van der Waals surface area (Å²) in [5.41, 5.74) is -1.39. The standard InChI is InChI=1S/C16H26N2O5/c1-6-9(15(22)23-16(3,4)5)11(17)8-12(19)13(18)10(7-2)14(20)21/h9-10,17-18H,6-8H2,1-5H3,(H,20,21)/t9-,10-/m1/s1. The van der Waals surface area contributed by atoms with Gasteiger partial charge in [-0.3, -0.25) is 14.4 Å². The highest BCUT2D eigenvalue weighted by molar-refractivity contribution is 6.45. The van der Waals surface area contributed by atoms with Crippen LogP contribution in [-0.4, -0.2) is 39.9 Å². The van der Waals surface area contributed by atoms with E-state index < -0.39 is 47.3 Å². The quantitative estimate of drug-likeness (QED) is 0.443. The summed E-state index contributed by atoms with van der Waals surface area (Å²) < 4.78 is 5.22. The summed E-state index contributed by atoms with van der Waals surface area (Å²) in [7, 11) is 0. The summed E-state index contributed by atoms with van der Waals surface area (Å²) in [4.78, 5) is 35.1. The number of hydrogen-bond acceptors (Lipinski definition) is 6. The van der Waals surface area contributed by atoms with Crippen LogP contribution in [0.25, 0.3) is 0 Å². The molecular formula is C16H26N2O5. The zero-order valence-electron chi connectivity index (χ0n) is 14.4. The van der Waals surface area contributed by atoms with Crippen molar-refractivity contribution in [2.75, 3.05) is 0 Å². The lowest BCUT2D eigenvalue weighted by Gasteiger charge is -2.23. The predicted molar refractivity (Wildman–Crippen MR) is 86.1 cm³/mol. The van der Waals surface area contributed by atoms with E-state index >= 15 is 0 Å². The van der Waals surface area contributed by atoms with Crippen LogP contribution in [0.5, 0.6) is 0 Å². The molecule has 0 radical (unpaired) electrons. The van der Waals surface area contributed by atoms with Crippen molar-refractivity contribution in [3.05, 3.63) is 0 Å². The average Bonchev–Trinajstić information content (AvgIpc) is 2.37. The number of ether oxygens (including phenoxy) is 1. The highest BCUT2D eigenvalue weighted by atomic mass is 16.6. The molecule has 130 valence electrons. The second-order valence-corrected chi connectivity index (χ2v) is 6.33. The molecule has 0 rings (SSSR count). The van der Waals surface area contributed by atoms with E-state index in [4.69, 9.17) is 20.7 Å². The first-order chi connectivity index (χ1) is 10.4. The van der Waals surface area contributed by atoms with Crippen molar-refractivity contribution in [2.45, 2.75) is 59.5 Å². The van der Waals surface area contributed by atoms with Crippen LogP contribution in [-0.2, 0) is 19.1 Å². The monoisotopic (exact) mass is 326 g/mol. The molecule has 0 aromatic heterocycles. The van der Waals surface area contributed by atoms with E-state index in [1.807, 2.05) is 0 Å². The van der Waals surface area contributed by atoms with E-state index in [2.05, 4.69) is 0 Å². The van der Waals surface area contributed by atoms with Crippen LogP contribution in [0.2, 0.25) is 0 Å². The Bertz CT molecular complexity index is 505. The van der Waals surface area contributed by atoms with Gasteiger partial charge in [0.1, 0.15) is 11.5 Å². The number of carbonyl (C=O) groups is 3. The molecule has 0 amide bonds. The maximum absolute atomic E-state index is 12.1. The number of aliphatic carboxylic acids is 1. The van der Waals surface area contributed by atoms with Crippen LogP contribution < -0.4 is 0 Å². The third-order valence-corrected chi connectivity index (χ3v) is 3.23. The molecule has 0 saturated heterocycles. The number of carboxylic acids is 1. The highest BCUT2D eigenvalue weighted by Gasteiger charge is 2.31. The van der Waals surface area contributed by atoms with Gasteiger partial charge in [-0.05, 0) is 33.6 Å². The van der Waals surface area contributed by atoms with Crippen molar-refractivity contribution >= 4 is 29.1 Å². The van der Waals surface area contributed by atoms with E-state index in [-0.39, 0.29) is 12.1 Å². The average molecular weight is 326 g/mol. The van der Waals surface area contributed by atoms with Gasteiger partial charge in [-0.25, -0.2) is 0 Å². The maximum atomic E-state index is 12.1. The lowest BCUT2D eigenvalue weighted by atomic mass is 9.90. The number of esters is 1. The van der Waals surface area contributed by atoms with Gasteiger partial charge in [0.15, 0.2) is 5.78 Å². The minimum absolute atomic E-state index is 0.122. The highest BCUT2D eigenvalue weighted by Crippen LogP contribution is 2.17.